The molecule has 1 spiro atoms. The van der Waals surface area contributed by atoms with E-state index in [2.05, 4.69) is 21.4 Å². The third-order valence-electron chi connectivity index (χ3n) is 7.98. The first-order chi connectivity index (χ1) is 18.3. The molecule has 11 heteroatoms. The molecule has 4 fully saturated rings. The predicted octanol–water partition coefficient (Wildman–Crippen LogP) is 4.58. The number of likely N-dealkylation sites (tertiary alicyclic amines) is 1. The molecule has 2 saturated carbocycles. The molecule has 2 aliphatic carbocycles. The molecule has 1 amide bonds. The van der Waals surface area contributed by atoms with Crippen LogP contribution in [0.5, 0.6) is 5.88 Å². The SMILES string of the molecule is Cc1c(Nc2ccc(C#N)cc2Cl)ncnc1OC1C2CN(C(=O)OC3(C)CC3)CC1CC1(C2)OCCO1. The van der Waals surface area contributed by atoms with Gasteiger partial charge in [-0.25, -0.2) is 14.8 Å². The minimum absolute atomic E-state index is 0.0149. The highest BCUT2D eigenvalue weighted by molar-refractivity contribution is 6.33. The van der Waals surface area contributed by atoms with Crippen LogP contribution in [0.2, 0.25) is 5.02 Å². The van der Waals surface area contributed by atoms with Gasteiger partial charge in [-0.1, -0.05) is 11.6 Å². The highest BCUT2D eigenvalue weighted by Crippen LogP contribution is 2.47. The normalized spacial score (nSPS) is 26.5. The topological polar surface area (TPSA) is 119 Å². The second kappa shape index (κ2) is 9.56. The largest absolute Gasteiger partial charge is 0.473 e. The first-order valence-electron chi connectivity index (χ1n) is 13.0. The van der Waals surface area contributed by atoms with Crippen molar-refractivity contribution in [3.8, 4) is 11.9 Å². The van der Waals surface area contributed by atoms with Crippen molar-refractivity contribution in [3.05, 3.63) is 40.7 Å². The first kappa shape index (κ1) is 25.2. The number of halogens is 1. The standard InChI is InChI=1S/C27H30ClN5O5/c1-16-23(32-21-4-3-17(12-29)9-20(21)28)30-15-31-24(16)37-22-18-10-27(35-7-8-36-27)11-19(22)14-33(13-18)25(34)38-26(2)5-6-26/h3-4,9,15,18-19,22H,5-8,10-11,13-14H2,1-2H3,(H,30,31,32). The second-order valence-corrected chi connectivity index (χ2v) is 11.3. The van der Waals surface area contributed by atoms with Gasteiger partial charge in [-0.15, -0.1) is 0 Å². The lowest BCUT2D eigenvalue weighted by Crippen LogP contribution is -2.61. The lowest BCUT2D eigenvalue weighted by molar-refractivity contribution is -0.226. The number of carbonyl (C=O) groups excluding carboxylic acids is 1. The van der Waals surface area contributed by atoms with Crippen molar-refractivity contribution in [2.75, 3.05) is 31.6 Å². The molecule has 1 aromatic heterocycles. The maximum absolute atomic E-state index is 12.9. The Balaban J connectivity index is 1.21. The number of aromatic nitrogens is 2. The van der Waals surface area contributed by atoms with E-state index in [0.717, 1.165) is 18.4 Å². The van der Waals surface area contributed by atoms with Crippen molar-refractivity contribution in [2.24, 2.45) is 11.8 Å². The monoisotopic (exact) mass is 539 g/mol. The summed E-state index contributed by atoms with van der Waals surface area (Å²) in [5, 5.41) is 12.7. The van der Waals surface area contributed by atoms with Crippen molar-refractivity contribution >= 4 is 29.2 Å². The Morgan fingerprint density at radius 2 is 1.92 bits per heavy atom. The summed E-state index contributed by atoms with van der Waals surface area (Å²) >= 11 is 6.36. The number of ether oxygens (including phenoxy) is 4. The summed E-state index contributed by atoms with van der Waals surface area (Å²) in [6, 6.07) is 7.11. The first-order valence-corrected chi connectivity index (χ1v) is 13.3. The van der Waals surface area contributed by atoms with Gasteiger partial charge in [0.15, 0.2) is 5.79 Å². The fourth-order valence-corrected chi connectivity index (χ4v) is 5.95. The molecule has 200 valence electrons. The van der Waals surface area contributed by atoms with Gasteiger partial charge in [0.25, 0.3) is 0 Å². The summed E-state index contributed by atoms with van der Waals surface area (Å²) in [5.41, 5.74) is 1.52. The molecular weight excluding hydrogens is 510 g/mol. The average molecular weight is 540 g/mol. The van der Waals surface area contributed by atoms with Gasteiger partial charge in [0, 0.05) is 37.8 Å². The zero-order valence-corrected chi connectivity index (χ0v) is 22.2. The number of benzene rings is 1. The number of amides is 1. The number of anilines is 2. The van der Waals surface area contributed by atoms with Gasteiger partial charge in [-0.05, 0) is 44.9 Å². The molecule has 2 saturated heterocycles. The van der Waals surface area contributed by atoms with Gasteiger partial charge in [-0.2, -0.15) is 5.26 Å². The van der Waals surface area contributed by atoms with E-state index in [1.54, 1.807) is 18.2 Å². The van der Waals surface area contributed by atoms with E-state index in [1.165, 1.54) is 6.33 Å². The van der Waals surface area contributed by atoms with Gasteiger partial charge in [0.1, 0.15) is 23.9 Å². The third-order valence-corrected chi connectivity index (χ3v) is 8.29. The maximum atomic E-state index is 12.9. The lowest BCUT2D eigenvalue weighted by atomic mass is 9.72. The van der Waals surface area contributed by atoms with Gasteiger partial charge in [0.05, 0.1) is 41.1 Å². The van der Waals surface area contributed by atoms with Crippen molar-refractivity contribution in [2.45, 2.75) is 57.0 Å². The molecular formula is C27H30ClN5O5. The quantitative estimate of drug-likeness (QED) is 0.582. The molecule has 2 aliphatic heterocycles. The lowest BCUT2D eigenvalue weighted by Gasteiger charge is -2.51. The van der Waals surface area contributed by atoms with Crippen LogP contribution in [0.15, 0.2) is 24.5 Å². The molecule has 6 rings (SSSR count). The zero-order valence-electron chi connectivity index (χ0n) is 21.4. The summed E-state index contributed by atoms with van der Waals surface area (Å²) < 4.78 is 24.5. The number of piperidine rings is 1. The van der Waals surface area contributed by atoms with Crippen LogP contribution in [0.4, 0.5) is 16.3 Å². The van der Waals surface area contributed by atoms with E-state index in [0.29, 0.717) is 67.1 Å². The number of carbonyl (C=O) groups is 1. The van der Waals surface area contributed by atoms with Crippen molar-refractivity contribution in [1.29, 1.82) is 5.26 Å². The fraction of sp³-hybridized carbons (Fsp3) is 0.556. The number of hydrogen-bond donors (Lipinski definition) is 1. The minimum Gasteiger partial charge on any atom is -0.473 e. The zero-order chi connectivity index (χ0) is 26.5. The van der Waals surface area contributed by atoms with Crippen LogP contribution in [0.1, 0.15) is 43.7 Å². The number of hydrogen-bond acceptors (Lipinski definition) is 9. The number of nitrogens with zero attached hydrogens (tertiary/aromatic N) is 4. The van der Waals surface area contributed by atoms with Gasteiger partial charge >= 0.3 is 6.09 Å². The van der Waals surface area contributed by atoms with Crippen molar-refractivity contribution in [3.63, 3.8) is 0 Å². The average Bonchev–Trinajstić information content (AvgIpc) is 3.44. The van der Waals surface area contributed by atoms with Crippen LogP contribution in [-0.2, 0) is 14.2 Å². The molecule has 2 atom stereocenters. The summed E-state index contributed by atoms with van der Waals surface area (Å²) in [6.45, 7) is 6.02. The molecule has 10 nitrogen and oxygen atoms in total. The second-order valence-electron chi connectivity index (χ2n) is 10.9. The van der Waals surface area contributed by atoms with E-state index >= 15 is 0 Å². The summed E-state index contributed by atoms with van der Waals surface area (Å²) in [6.07, 6.45) is 4.10. The van der Waals surface area contributed by atoms with Crippen LogP contribution in [0.3, 0.4) is 0 Å². The van der Waals surface area contributed by atoms with Crippen LogP contribution < -0.4 is 10.1 Å². The molecule has 1 aromatic carbocycles. The maximum Gasteiger partial charge on any atom is 0.410 e. The Hall–Kier alpha value is -3.13. The smallest absolute Gasteiger partial charge is 0.410 e. The molecule has 2 aromatic rings. The van der Waals surface area contributed by atoms with Crippen LogP contribution >= 0.6 is 11.6 Å². The Bertz CT molecular complexity index is 1270. The predicted molar refractivity (Wildman–Crippen MR) is 137 cm³/mol. The number of nitriles is 1. The third kappa shape index (κ3) is 4.86. The van der Waals surface area contributed by atoms with Gasteiger partial charge in [0.2, 0.25) is 5.88 Å². The van der Waals surface area contributed by atoms with E-state index in [1.807, 2.05) is 18.7 Å². The summed E-state index contributed by atoms with van der Waals surface area (Å²) in [5.74, 6) is 0.383. The Labute approximate surface area is 226 Å². The molecule has 1 N–H and O–H groups in total. The molecule has 38 heavy (non-hydrogen) atoms. The highest BCUT2D eigenvalue weighted by Gasteiger charge is 2.55. The van der Waals surface area contributed by atoms with Crippen LogP contribution in [-0.4, -0.2) is 64.8 Å². The van der Waals surface area contributed by atoms with Gasteiger partial charge in [-0.3, -0.25) is 0 Å². The van der Waals surface area contributed by atoms with Gasteiger partial charge < -0.3 is 29.2 Å². The van der Waals surface area contributed by atoms with E-state index < -0.39 is 5.79 Å². The van der Waals surface area contributed by atoms with Crippen molar-refractivity contribution < 1.29 is 23.7 Å². The van der Waals surface area contributed by atoms with E-state index in [9.17, 15) is 4.79 Å². The molecule has 4 aliphatic rings. The van der Waals surface area contributed by atoms with Crippen LogP contribution in [0.25, 0.3) is 0 Å². The molecule has 2 bridgehead atoms. The number of nitrogens with one attached hydrogen (secondary N) is 1. The van der Waals surface area contributed by atoms with Crippen LogP contribution in [0, 0.1) is 30.1 Å². The molecule has 3 heterocycles. The molecule has 0 radical (unpaired) electrons. The Morgan fingerprint density at radius 1 is 1.21 bits per heavy atom. The fourth-order valence-electron chi connectivity index (χ4n) is 5.73. The van der Waals surface area contributed by atoms with E-state index in [4.69, 9.17) is 35.8 Å². The van der Waals surface area contributed by atoms with E-state index in [-0.39, 0.29) is 29.6 Å². The number of fused-ring (bicyclic) bond motifs is 2. The molecule has 2 unspecified atom stereocenters. The van der Waals surface area contributed by atoms with Crippen molar-refractivity contribution in [1.82, 2.24) is 14.9 Å². The minimum atomic E-state index is -0.618. The number of rotatable bonds is 5. The highest BCUT2D eigenvalue weighted by atomic mass is 35.5. The Morgan fingerprint density at radius 3 is 2.55 bits per heavy atom. The summed E-state index contributed by atoms with van der Waals surface area (Å²) in [7, 11) is 0. The summed E-state index contributed by atoms with van der Waals surface area (Å²) in [4.78, 5) is 23.6. The Kier molecular flexibility index (Phi) is 6.33.